The Morgan fingerprint density at radius 1 is 1.24 bits per heavy atom. The van der Waals surface area contributed by atoms with Crippen molar-refractivity contribution < 1.29 is 18.1 Å². The number of methoxy groups -OCH3 is 1. The molecule has 1 aliphatic rings. The largest absolute Gasteiger partial charge is 0.497 e. The number of fused-ring (bicyclic) bond motifs is 2. The molecule has 0 aliphatic heterocycles. The fourth-order valence-electron chi connectivity index (χ4n) is 3.20. The molecule has 0 radical (unpaired) electrons. The smallest absolute Gasteiger partial charge is 0.229 e. The maximum atomic E-state index is 12.2. The van der Waals surface area contributed by atoms with E-state index in [0.29, 0.717) is 44.9 Å². The molecule has 0 saturated heterocycles. The van der Waals surface area contributed by atoms with Crippen LogP contribution in [0.2, 0.25) is 0 Å². The van der Waals surface area contributed by atoms with Crippen LogP contribution in [-0.2, 0) is 4.79 Å². The van der Waals surface area contributed by atoms with E-state index < -0.39 is 6.98 Å². The van der Waals surface area contributed by atoms with Gasteiger partial charge in [-0.05, 0) is 31.0 Å². The molecule has 146 valence electrons. The number of nitrogens with one attached hydrogen (secondary N) is 2. The van der Waals surface area contributed by atoms with Crippen molar-refractivity contribution in [3.8, 4) is 17.2 Å². The van der Waals surface area contributed by atoms with Crippen molar-refractivity contribution >= 4 is 39.4 Å². The zero-order chi connectivity index (χ0) is 22.5. The number of nitrogens with zero attached hydrogens (tertiary/aromatic N) is 3. The summed E-state index contributed by atoms with van der Waals surface area (Å²) in [6.07, 6.45) is 4.71. The Bertz CT molecular complexity index is 1350. The topological polar surface area (TPSA) is 102 Å². The van der Waals surface area contributed by atoms with E-state index in [1.807, 2.05) is 0 Å². The molecule has 1 fully saturated rings. The molecule has 0 atom stereocenters. The third-order valence-electron chi connectivity index (χ3n) is 4.91. The molecule has 1 amide bonds. The summed E-state index contributed by atoms with van der Waals surface area (Å²) in [5.41, 5.74) is 1.71. The Morgan fingerprint density at radius 3 is 2.93 bits per heavy atom. The third-order valence-corrected chi connectivity index (χ3v) is 4.91. The number of ether oxygens (including phenoxy) is 1. The number of oxazole rings is 1. The van der Waals surface area contributed by atoms with Gasteiger partial charge in [0, 0.05) is 46.2 Å². The first-order chi connectivity index (χ1) is 15.3. The van der Waals surface area contributed by atoms with Crippen LogP contribution < -0.4 is 15.4 Å². The molecular formula is C21H19N5O3. The van der Waals surface area contributed by atoms with Crippen molar-refractivity contribution in [1.82, 2.24) is 15.0 Å². The van der Waals surface area contributed by atoms with Gasteiger partial charge in [-0.3, -0.25) is 4.79 Å². The van der Waals surface area contributed by atoms with Crippen LogP contribution in [0.4, 0.5) is 11.6 Å². The van der Waals surface area contributed by atoms with Gasteiger partial charge in [0.15, 0.2) is 5.58 Å². The quantitative estimate of drug-likeness (QED) is 0.532. The molecule has 29 heavy (non-hydrogen) atoms. The minimum absolute atomic E-state index is 0.0178. The van der Waals surface area contributed by atoms with E-state index >= 15 is 0 Å². The molecule has 0 unspecified atom stereocenters. The molecule has 5 rings (SSSR count). The fourth-order valence-corrected chi connectivity index (χ4v) is 3.20. The second-order valence-corrected chi connectivity index (χ2v) is 6.88. The van der Waals surface area contributed by atoms with Crippen LogP contribution in [0.3, 0.4) is 0 Å². The second-order valence-electron chi connectivity index (χ2n) is 6.88. The SMILES string of the molecule is [2H]C([2H])([2H])Nc1ncc(-c2nc3cc(OC)ccc3o2)c2cc(NC(=O)C3CC3)ncc12. The van der Waals surface area contributed by atoms with Crippen LogP contribution in [0.15, 0.2) is 41.1 Å². The highest BCUT2D eigenvalue weighted by Crippen LogP contribution is 2.35. The van der Waals surface area contributed by atoms with Gasteiger partial charge in [0.1, 0.15) is 22.9 Å². The summed E-state index contributed by atoms with van der Waals surface area (Å²) in [5.74, 6) is 1.39. The number of pyridine rings is 2. The van der Waals surface area contributed by atoms with Crippen LogP contribution in [0.5, 0.6) is 5.75 Å². The van der Waals surface area contributed by atoms with E-state index in [0.717, 1.165) is 12.8 Å². The van der Waals surface area contributed by atoms with E-state index in [1.54, 1.807) is 31.4 Å². The predicted octanol–water partition coefficient (Wildman–Crippen LogP) is 3.84. The number of rotatable bonds is 5. The van der Waals surface area contributed by atoms with Crippen molar-refractivity contribution in [3.05, 3.63) is 36.7 Å². The maximum Gasteiger partial charge on any atom is 0.229 e. The Hall–Kier alpha value is -3.68. The predicted molar refractivity (Wildman–Crippen MR) is 110 cm³/mol. The zero-order valence-corrected chi connectivity index (χ0v) is 15.5. The monoisotopic (exact) mass is 392 g/mol. The molecule has 8 heteroatoms. The van der Waals surface area contributed by atoms with Crippen molar-refractivity contribution in [3.63, 3.8) is 0 Å². The third kappa shape index (κ3) is 3.12. The van der Waals surface area contributed by atoms with E-state index in [9.17, 15) is 4.79 Å². The first-order valence-electron chi connectivity index (χ1n) is 10.6. The number of hydrogen-bond donors (Lipinski definition) is 2. The van der Waals surface area contributed by atoms with Gasteiger partial charge in [0.05, 0.1) is 12.7 Å². The average molecular weight is 392 g/mol. The summed E-state index contributed by atoms with van der Waals surface area (Å²) in [7, 11) is 1.57. The number of aromatic nitrogens is 3. The number of carbonyl (C=O) groups is 1. The van der Waals surface area contributed by atoms with Gasteiger partial charge in [-0.15, -0.1) is 0 Å². The lowest BCUT2D eigenvalue weighted by atomic mass is 10.1. The highest BCUT2D eigenvalue weighted by molar-refractivity contribution is 6.03. The minimum Gasteiger partial charge on any atom is -0.497 e. The Labute approximate surface area is 170 Å². The van der Waals surface area contributed by atoms with Gasteiger partial charge in [0.25, 0.3) is 0 Å². The molecule has 1 aromatic carbocycles. The van der Waals surface area contributed by atoms with Crippen LogP contribution in [0.25, 0.3) is 33.3 Å². The molecule has 0 bridgehead atoms. The van der Waals surface area contributed by atoms with Crippen LogP contribution in [0.1, 0.15) is 17.0 Å². The van der Waals surface area contributed by atoms with Crippen LogP contribution in [-0.4, -0.2) is 34.9 Å². The van der Waals surface area contributed by atoms with Crippen molar-refractivity contribution in [2.24, 2.45) is 5.92 Å². The van der Waals surface area contributed by atoms with Gasteiger partial charge in [-0.1, -0.05) is 0 Å². The van der Waals surface area contributed by atoms with Crippen molar-refractivity contribution in [2.45, 2.75) is 12.8 Å². The normalized spacial score (nSPS) is 15.6. The number of benzene rings is 1. The summed E-state index contributed by atoms with van der Waals surface area (Å²) >= 11 is 0. The van der Waals surface area contributed by atoms with Crippen molar-refractivity contribution in [2.75, 3.05) is 24.7 Å². The lowest BCUT2D eigenvalue weighted by Gasteiger charge is -2.10. The number of anilines is 2. The van der Waals surface area contributed by atoms with Crippen molar-refractivity contribution in [1.29, 1.82) is 0 Å². The standard InChI is InChI=1S/C21H19N5O3/c1-22-19-14-9-23-18(26-20(27)11-3-4-11)8-13(14)15(10-24-19)21-25-16-7-12(28-2)5-6-17(16)29-21/h5-11H,3-4H2,1-2H3,(H,22,24)(H,23,26,27)/i1D3. The Balaban J connectivity index is 1.64. The molecule has 8 nitrogen and oxygen atoms in total. The molecule has 3 heterocycles. The minimum atomic E-state index is -2.44. The summed E-state index contributed by atoms with van der Waals surface area (Å²) in [6.45, 7) is -2.44. The molecule has 2 N–H and O–H groups in total. The van der Waals surface area contributed by atoms with Crippen LogP contribution >= 0.6 is 0 Å². The average Bonchev–Trinajstić information content (AvgIpc) is 3.52. The van der Waals surface area contributed by atoms with Gasteiger partial charge in [-0.2, -0.15) is 0 Å². The lowest BCUT2D eigenvalue weighted by molar-refractivity contribution is -0.117. The van der Waals surface area contributed by atoms with E-state index in [4.69, 9.17) is 13.3 Å². The van der Waals surface area contributed by atoms with Crippen LogP contribution in [0, 0.1) is 5.92 Å². The molecule has 1 saturated carbocycles. The summed E-state index contributed by atoms with van der Waals surface area (Å²) < 4.78 is 33.7. The van der Waals surface area contributed by atoms with Gasteiger partial charge >= 0.3 is 0 Å². The summed E-state index contributed by atoms with van der Waals surface area (Å²) in [4.78, 5) is 25.3. The first kappa shape index (κ1) is 14.3. The fraction of sp³-hybridized carbons (Fsp3) is 0.238. The Morgan fingerprint density at radius 2 is 2.14 bits per heavy atom. The number of amides is 1. The van der Waals surface area contributed by atoms with E-state index in [2.05, 4.69) is 25.6 Å². The van der Waals surface area contributed by atoms with E-state index in [-0.39, 0.29) is 17.6 Å². The number of carbonyl (C=O) groups excluding carboxylic acids is 1. The maximum absolute atomic E-state index is 12.2. The van der Waals surface area contributed by atoms with Gasteiger partial charge < -0.3 is 19.8 Å². The second kappa shape index (κ2) is 6.73. The molecule has 1 aliphatic carbocycles. The van der Waals surface area contributed by atoms with Gasteiger partial charge in [0.2, 0.25) is 11.8 Å². The van der Waals surface area contributed by atoms with Gasteiger partial charge in [-0.25, -0.2) is 15.0 Å². The summed E-state index contributed by atoms with van der Waals surface area (Å²) in [6, 6.07) is 6.96. The molecule has 4 aromatic rings. The molecular weight excluding hydrogens is 370 g/mol. The molecule has 3 aromatic heterocycles. The van der Waals surface area contributed by atoms with E-state index in [1.165, 1.54) is 12.4 Å². The highest BCUT2D eigenvalue weighted by atomic mass is 16.5. The number of hydrogen-bond acceptors (Lipinski definition) is 7. The zero-order valence-electron chi connectivity index (χ0n) is 18.5. The first-order valence-corrected chi connectivity index (χ1v) is 9.13. The Kier molecular flexibility index (Phi) is 3.33. The highest BCUT2D eigenvalue weighted by Gasteiger charge is 2.30. The lowest BCUT2D eigenvalue weighted by Crippen LogP contribution is -2.14. The summed E-state index contributed by atoms with van der Waals surface area (Å²) in [5, 5.41) is 6.29. The molecule has 0 spiro atoms.